The number of halogens is 1. The molecule has 2 heterocycles. The van der Waals surface area contributed by atoms with Crippen LogP contribution in [-0.2, 0) is 4.74 Å². The summed E-state index contributed by atoms with van der Waals surface area (Å²) in [6.45, 7) is 2.03. The number of nitro benzene ring substituents is 1. The van der Waals surface area contributed by atoms with Crippen LogP contribution in [0.3, 0.4) is 0 Å². The van der Waals surface area contributed by atoms with Gasteiger partial charge < -0.3 is 14.8 Å². The number of nitrogens with one attached hydrogen (secondary N) is 1. The van der Waals surface area contributed by atoms with Gasteiger partial charge in [0, 0.05) is 35.9 Å². The Bertz CT molecular complexity index is 1500. The molecule has 186 valence electrons. The van der Waals surface area contributed by atoms with Crippen LogP contribution in [0.2, 0.25) is 0 Å². The average molecular weight is 519 g/mol. The Hall–Kier alpha value is -4.66. The number of anilines is 1. The first-order valence-corrected chi connectivity index (χ1v) is 11.8. The number of ether oxygens (including phenoxy) is 2. The summed E-state index contributed by atoms with van der Waals surface area (Å²) in [7, 11) is 0. The van der Waals surface area contributed by atoms with E-state index in [9.17, 15) is 24.6 Å². The maximum atomic E-state index is 14.1. The zero-order valence-electron chi connectivity index (χ0n) is 19.4. The molecule has 1 amide bonds. The fraction of sp³-hybridized carbons (Fsp3) is 0.115. The second-order valence-electron chi connectivity index (χ2n) is 7.52. The number of hydrogen-bond acceptors (Lipinski definition) is 8. The third kappa shape index (κ3) is 5.78. The molecule has 0 aliphatic carbocycles. The molecule has 0 aliphatic heterocycles. The number of rotatable bonds is 9. The fourth-order valence-corrected chi connectivity index (χ4v) is 4.11. The third-order valence-corrected chi connectivity index (χ3v) is 6.07. The van der Waals surface area contributed by atoms with Gasteiger partial charge in [0.2, 0.25) is 0 Å². The summed E-state index contributed by atoms with van der Waals surface area (Å²) >= 11 is 1.21. The van der Waals surface area contributed by atoms with Crippen LogP contribution in [0.5, 0.6) is 5.75 Å². The fourth-order valence-electron chi connectivity index (χ4n) is 3.49. The number of nitro groups is 1. The van der Waals surface area contributed by atoms with Crippen molar-refractivity contribution in [3.05, 3.63) is 92.4 Å². The smallest absolute Gasteiger partial charge is 0.270 e. The van der Waals surface area contributed by atoms with Gasteiger partial charge >= 0.3 is 0 Å². The second kappa shape index (κ2) is 11.4. The number of benzene rings is 2. The molecule has 9 nitrogen and oxygen atoms in total. The van der Waals surface area contributed by atoms with Gasteiger partial charge in [-0.3, -0.25) is 14.9 Å². The summed E-state index contributed by atoms with van der Waals surface area (Å²) in [4.78, 5) is 28.6. The predicted molar refractivity (Wildman–Crippen MR) is 136 cm³/mol. The van der Waals surface area contributed by atoms with E-state index >= 15 is 0 Å². The summed E-state index contributed by atoms with van der Waals surface area (Å²) in [6, 6.07) is 16.5. The van der Waals surface area contributed by atoms with Crippen LogP contribution in [0.25, 0.3) is 22.4 Å². The van der Waals surface area contributed by atoms with E-state index in [4.69, 9.17) is 9.47 Å². The van der Waals surface area contributed by atoms with Gasteiger partial charge in [0.25, 0.3) is 11.6 Å². The van der Waals surface area contributed by atoms with Crippen molar-refractivity contribution in [2.24, 2.45) is 0 Å². The Balaban J connectivity index is 1.91. The topological polar surface area (TPSA) is 127 Å². The Morgan fingerprint density at radius 1 is 1.19 bits per heavy atom. The number of carbonyl (C=O) groups is 1. The zero-order valence-corrected chi connectivity index (χ0v) is 20.3. The maximum Gasteiger partial charge on any atom is 0.270 e. The van der Waals surface area contributed by atoms with Gasteiger partial charge in [-0.15, -0.1) is 11.3 Å². The number of hydrogen-bond donors (Lipinski definition) is 1. The second-order valence-corrected chi connectivity index (χ2v) is 8.47. The summed E-state index contributed by atoms with van der Waals surface area (Å²) in [5.74, 6) is -0.951. The lowest BCUT2D eigenvalue weighted by molar-refractivity contribution is -0.384. The molecule has 0 spiro atoms. The van der Waals surface area contributed by atoms with Gasteiger partial charge in [0.05, 0.1) is 15.5 Å². The normalized spacial score (nSPS) is 10.5. The highest BCUT2D eigenvalue weighted by molar-refractivity contribution is 7.12. The van der Waals surface area contributed by atoms with Gasteiger partial charge in [-0.2, -0.15) is 5.26 Å². The standard InChI is InChI=1S/C26H19FN4O5S/c1-2-35-15-36-23-12-17(27)8-9-19(23)22-13-20(16-5-3-6-18(11-16)31(33)34)21(14-28)25(29-22)30-26(32)24-7-4-10-37-24/h3-13H,2,15H2,1H3,(H,29,30,32). The molecule has 0 saturated heterocycles. The highest BCUT2D eigenvalue weighted by Gasteiger charge is 2.21. The van der Waals surface area contributed by atoms with Crippen LogP contribution in [0, 0.1) is 27.3 Å². The number of thiophene rings is 1. The minimum atomic E-state index is -0.547. The highest BCUT2D eigenvalue weighted by atomic mass is 32.1. The minimum Gasteiger partial charge on any atom is -0.467 e. The van der Waals surface area contributed by atoms with Crippen LogP contribution in [0.4, 0.5) is 15.9 Å². The van der Waals surface area contributed by atoms with Crippen molar-refractivity contribution in [1.82, 2.24) is 4.98 Å². The van der Waals surface area contributed by atoms with Crippen molar-refractivity contribution >= 4 is 28.7 Å². The van der Waals surface area contributed by atoms with E-state index in [1.165, 1.54) is 47.7 Å². The van der Waals surface area contributed by atoms with Crippen LogP contribution in [0.1, 0.15) is 22.2 Å². The molecule has 2 aromatic carbocycles. The average Bonchev–Trinajstić information content (AvgIpc) is 3.44. The van der Waals surface area contributed by atoms with E-state index in [-0.39, 0.29) is 40.9 Å². The largest absolute Gasteiger partial charge is 0.467 e. The summed E-state index contributed by atoms with van der Waals surface area (Å²) < 4.78 is 24.9. The number of carbonyl (C=O) groups excluding carboxylic acids is 1. The Kier molecular flexibility index (Phi) is 7.83. The van der Waals surface area contributed by atoms with Gasteiger partial charge in [-0.05, 0) is 42.1 Å². The molecule has 0 atom stereocenters. The number of aromatic nitrogens is 1. The Labute approximate surface area is 214 Å². The molecular formula is C26H19FN4O5S. The molecule has 0 aliphatic rings. The number of nitriles is 1. The Morgan fingerprint density at radius 2 is 2.03 bits per heavy atom. The van der Waals surface area contributed by atoms with Crippen molar-refractivity contribution < 1.29 is 23.6 Å². The molecule has 4 rings (SSSR count). The lowest BCUT2D eigenvalue weighted by Crippen LogP contribution is -2.14. The Morgan fingerprint density at radius 3 is 2.73 bits per heavy atom. The predicted octanol–water partition coefficient (Wildman–Crippen LogP) is 6.02. The molecule has 1 N–H and O–H groups in total. The molecule has 0 fully saturated rings. The monoisotopic (exact) mass is 518 g/mol. The summed E-state index contributed by atoms with van der Waals surface area (Å²) in [5, 5.41) is 25.8. The van der Waals surface area contributed by atoms with Crippen LogP contribution < -0.4 is 10.1 Å². The van der Waals surface area contributed by atoms with Gasteiger partial charge in [-0.1, -0.05) is 18.2 Å². The number of pyridine rings is 1. The van der Waals surface area contributed by atoms with Gasteiger partial charge in [0.1, 0.15) is 23.2 Å². The molecule has 0 saturated carbocycles. The van der Waals surface area contributed by atoms with E-state index in [0.29, 0.717) is 22.6 Å². The quantitative estimate of drug-likeness (QED) is 0.124. The lowest BCUT2D eigenvalue weighted by Gasteiger charge is -2.16. The van der Waals surface area contributed by atoms with E-state index in [1.807, 2.05) is 0 Å². The van der Waals surface area contributed by atoms with E-state index in [1.54, 1.807) is 36.6 Å². The van der Waals surface area contributed by atoms with Gasteiger partial charge in [-0.25, -0.2) is 9.37 Å². The van der Waals surface area contributed by atoms with Crippen LogP contribution >= 0.6 is 11.3 Å². The van der Waals surface area contributed by atoms with E-state index in [2.05, 4.69) is 16.4 Å². The first-order valence-electron chi connectivity index (χ1n) is 11.0. The summed E-state index contributed by atoms with van der Waals surface area (Å²) in [6.07, 6.45) is 0. The molecule has 4 aromatic rings. The minimum absolute atomic E-state index is 0.00745. The third-order valence-electron chi connectivity index (χ3n) is 5.20. The molecule has 2 aromatic heterocycles. The van der Waals surface area contributed by atoms with Crippen LogP contribution in [0.15, 0.2) is 66.0 Å². The molecule has 0 unspecified atom stereocenters. The first-order chi connectivity index (χ1) is 17.9. The molecule has 11 heteroatoms. The zero-order chi connectivity index (χ0) is 26.4. The van der Waals surface area contributed by atoms with Crippen molar-refractivity contribution in [2.75, 3.05) is 18.7 Å². The molecule has 0 bridgehead atoms. The van der Waals surface area contributed by atoms with Crippen LogP contribution in [-0.4, -0.2) is 29.2 Å². The van der Waals surface area contributed by atoms with Crippen molar-refractivity contribution in [1.29, 1.82) is 5.26 Å². The van der Waals surface area contributed by atoms with E-state index < -0.39 is 16.6 Å². The maximum absolute atomic E-state index is 14.1. The molecular weight excluding hydrogens is 499 g/mol. The van der Waals surface area contributed by atoms with Crippen molar-refractivity contribution in [2.45, 2.75) is 6.92 Å². The molecule has 37 heavy (non-hydrogen) atoms. The summed E-state index contributed by atoms with van der Waals surface area (Å²) in [5.41, 5.74) is 1.09. The highest BCUT2D eigenvalue weighted by Crippen LogP contribution is 2.37. The molecule has 0 radical (unpaired) electrons. The SMILES string of the molecule is CCOCOc1cc(F)ccc1-c1cc(-c2cccc([N+](=O)[O-])c2)c(C#N)c(NC(=O)c2cccs2)n1. The van der Waals surface area contributed by atoms with E-state index in [0.717, 1.165) is 0 Å². The number of nitrogens with zero attached hydrogens (tertiary/aromatic N) is 3. The van der Waals surface area contributed by atoms with Crippen molar-refractivity contribution in [3.8, 4) is 34.2 Å². The lowest BCUT2D eigenvalue weighted by atomic mass is 9.97. The number of amides is 1. The van der Waals surface area contributed by atoms with Gasteiger partial charge in [0.15, 0.2) is 12.6 Å². The first kappa shape index (κ1) is 25.4. The number of non-ortho nitro benzene ring substituents is 1. The van der Waals surface area contributed by atoms with Crippen molar-refractivity contribution in [3.63, 3.8) is 0 Å².